The lowest BCUT2D eigenvalue weighted by Crippen LogP contribution is -2.39. The molecule has 74 valence electrons. The Labute approximate surface area is 80.9 Å². The third-order valence-electron chi connectivity index (χ3n) is 2.10. The molecule has 1 fully saturated rings. The van der Waals surface area contributed by atoms with Crippen molar-refractivity contribution in [3.05, 3.63) is 35.6 Å². The van der Waals surface area contributed by atoms with Crippen LogP contribution in [0.1, 0.15) is 11.7 Å². The number of carbonyl (C=O) groups excluding carboxylic acids is 1. The number of carbonyl (C=O) groups is 1. The van der Waals surface area contributed by atoms with Gasteiger partial charge in [-0.3, -0.25) is 4.79 Å². The maximum atomic E-state index is 12.6. The van der Waals surface area contributed by atoms with Gasteiger partial charge in [0.2, 0.25) is 0 Å². The number of halogens is 1. The van der Waals surface area contributed by atoms with E-state index < -0.39 is 6.10 Å². The Hall–Kier alpha value is -1.42. The molecule has 1 aromatic rings. The topological polar surface area (TPSA) is 38.3 Å². The van der Waals surface area contributed by atoms with Gasteiger partial charge in [0.05, 0.1) is 6.61 Å². The Morgan fingerprint density at radius 3 is 2.71 bits per heavy atom. The number of nitrogens with one attached hydrogen (secondary N) is 1. The van der Waals surface area contributed by atoms with E-state index in [9.17, 15) is 9.18 Å². The molecule has 0 spiro atoms. The van der Waals surface area contributed by atoms with Crippen molar-refractivity contribution in [3.8, 4) is 0 Å². The number of ether oxygens (including phenoxy) is 1. The first-order valence-electron chi connectivity index (χ1n) is 4.42. The number of rotatable bonds is 1. The maximum Gasteiger partial charge on any atom is 0.253 e. The molecular formula is C10H10FNO2. The molecule has 0 aliphatic carbocycles. The second-order valence-electron chi connectivity index (χ2n) is 3.09. The molecule has 3 nitrogen and oxygen atoms in total. The Kier molecular flexibility index (Phi) is 2.45. The van der Waals surface area contributed by atoms with Gasteiger partial charge in [0.1, 0.15) is 5.82 Å². The van der Waals surface area contributed by atoms with Crippen LogP contribution in [0.5, 0.6) is 0 Å². The molecule has 0 bridgehead atoms. The van der Waals surface area contributed by atoms with Crippen LogP contribution in [-0.2, 0) is 9.53 Å². The quantitative estimate of drug-likeness (QED) is 0.726. The summed E-state index contributed by atoms with van der Waals surface area (Å²) in [6, 6.07) is 5.76. The van der Waals surface area contributed by atoms with Crippen LogP contribution in [0.3, 0.4) is 0 Å². The molecular weight excluding hydrogens is 185 g/mol. The lowest BCUT2D eigenvalue weighted by atomic mass is 10.1. The Morgan fingerprint density at radius 2 is 2.07 bits per heavy atom. The molecule has 1 aliphatic rings. The van der Waals surface area contributed by atoms with Crippen LogP contribution in [0.2, 0.25) is 0 Å². The molecule has 0 aromatic heterocycles. The molecule has 1 atom stereocenters. The molecule has 0 radical (unpaired) electrons. The van der Waals surface area contributed by atoms with E-state index in [4.69, 9.17) is 4.74 Å². The highest BCUT2D eigenvalue weighted by atomic mass is 19.1. The van der Waals surface area contributed by atoms with E-state index in [1.807, 2.05) is 0 Å². The molecule has 1 amide bonds. The van der Waals surface area contributed by atoms with Gasteiger partial charge in [0.15, 0.2) is 6.10 Å². The highest BCUT2D eigenvalue weighted by Crippen LogP contribution is 2.19. The average Bonchev–Trinajstić information content (AvgIpc) is 2.20. The number of amides is 1. The van der Waals surface area contributed by atoms with Gasteiger partial charge < -0.3 is 10.1 Å². The van der Waals surface area contributed by atoms with Crippen LogP contribution in [0.25, 0.3) is 0 Å². The van der Waals surface area contributed by atoms with E-state index in [0.717, 1.165) is 0 Å². The van der Waals surface area contributed by atoms with Gasteiger partial charge in [-0.2, -0.15) is 0 Å². The zero-order valence-electron chi connectivity index (χ0n) is 7.50. The molecule has 4 heteroatoms. The van der Waals surface area contributed by atoms with Crippen LogP contribution in [0.4, 0.5) is 4.39 Å². The fourth-order valence-corrected chi connectivity index (χ4v) is 1.40. The maximum absolute atomic E-state index is 12.6. The van der Waals surface area contributed by atoms with Crippen LogP contribution in [-0.4, -0.2) is 19.1 Å². The number of morpholine rings is 1. The van der Waals surface area contributed by atoms with Gasteiger partial charge in [0.25, 0.3) is 5.91 Å². The van der Waals surface area contributed by atoms with Crippen molar-refractivity contribution in [2.45, 2.75) is 6.10 Å². The van der Waals surface area contributed by atoms with Crippen molar-refractivity contribution < 1.29 is 13.9 Å². The first-order chi connectivity index (χ1) is 6.77. The minimum Gasteiger partial charge on any atom is -0.362 e. The summed E-state index contributed by atoms with van der Waals surface area (Å²) >= 11 is 0. The molecule has 1 saturated heterocycles. The fraction of sp³-hybridized carbons (Fsp3) is 0.300. The van der Waals surface area contributed by atoms with E-state index >= 15 is 0 Å². The highest BCUT2D eigenvalue weighted by molar-refractivity contribution is 5.82. The largest absolute Gasteiger partial charge is 0.362 e. The van der Waals surface area contributed by atoms with Crippen LogP contribution in [0, 0.1) is 5.82 Å². The van der Waals surface area contributed by atoms with Gasteiger partial charge in [-0.15, -0.1) is 0 Å². The summed E-state index contributed by atoms with van der Waals surface area (Å²) in [4.78, 5) is 11.3. The zero-order valence-corrected chi connectivity index (χ0v) is 7.50. The van der Waals surface area contributed by atoms with Gasteiger partial charge in [-0.1, -0.05) is 12.1 Å². The smallest absolute Gasteiger partial charge is 0.253 e. The first kappa shape index (κ1) is 9.15. The Morgan fingerprint density at radius 1 is 1.36 bits per heavy atom. The van der Waals surface area contributed by atoms with Crippen molar-refractivity contribution in [1.29, 1.82) is 0 Å². The van der Waals surface area contributed by atoms with Crippen molar-refractivity contribution in [1.82, 2.24) is 5.32 Å². The van der Waals surface area contributed by atoms with Crippen molar-refractivity contribution in [2.24, 2.45) is 0 Å². The third-order valence-corrected chi connectivity index (χ3v) is 2.10. The number of hydrogen-bond acceptors (Lipinski definition) is 2. The van der Waals surface area contributed by atoms with E-state index in [1.165, 1.54) is 12.1 Å². The number of benzene rings is 1. The van der Waals surface area contributed by atoms with E-state index in [2.05, 4.69) is 5.32 Å². The van der Waals surface area contributed by atoms with Crippen LogP contribution < -0.4 is 5.32 Å². The lowest BCUT2D eigenvalue weighted by molar-refractivity contribution is -0.138. The third kappa shape index (κ3) is 1.75. The number of hydrogen-bond donors (Lipinski definition) is 1. The molecule has 1 aliphatic heterocycles. The summed E-state index contributed by atoms with van der Waals surface area (Å²) in [6.45, 7) is 1.03. The summed E-state index contributed by atoms with van der Waals surface area (Å²) in [5, 5.41) is 2.69. The van der Waals surface area contributed by atoms with Crippen molar-refractivity contribution in [2.75, 3.05) is 13.2 Å². The van der Waals surface area contributed by atoms with Crippen LogP contribution >= 0.6 is 0 Å². The highest BCUT2D eigenvalue weighted by Gasteiger charge is 2.24. The standard InChI is InChI=1S/C10H10FNO2/c11-8-3-1-7(2-4-8)9-10(13)12-5-6-14-9/h1-4,9H,5-6H2,(H,12,13). The second-order valence-corrected chi connectivity index (χ2v) is 3.09. The second kappa shape index (κ2) is 3.75. The molecule has 1 unspecified atom stereocenters. The first-order valence-corrected chi connectivity index (χ1v) is 4.42. The fourth-order valence-electron chi connectivity index (χ4n) is 1.40. The normalized spacial score (nSPS) is 21.8. The monoisotopic (exact) mass is 195 g/mol. The van der Waals surface area contributed by atoms with Gasteiger partial charge in [-0.25, -0.2) is 4.39 Å². The van der Waals surface area contributed by atoms with Crippen molar-refractivity contribution in [3.63, 3.8) is 0 Å². The average molecular weight is 195 g/mol. The van der Waals surface area contributed by atoms with E-state index in [0.29, 0.717) is 18.7 Å². The zero-order chi connectivity index (χ0) is 9.97. The minimum atomic E-state index is -0.593. The van der Waals surface area contributed by atoms with Crippen molar-refractivity contribution >= 4 is 5.91 Å². The molecule has 2 rings (SSSR count). The van der Waals surface area contributed by atoms with Gasteiger partial charge in [-0.05, 0) is 17.7 Å². The minimum absolute atomic E-state index is 0.164. The van der Waals surface area contributed by atoms with Gasteiger partial charge in [0, 0.05) is 6.54 Å². The summed E-state index contributed by atoms with van der Waals surface area (Å²) < 4.78 is 17.9. The Balaban J connectivity index is 2.20. The summed E-state index contributed by atoms with van der Waals surface area (Å²) in [5.41, 5.74) is 0.684. The van der Waals surface area contributed by atoms with E-state index in [1.54, 1.807) is 12.1 Å². The van der Waals surface area contributed by atoms with E-state index in [-0.39, 0.29) is 11.7 Å². The summed E-state index contributed by atoms with van der Waals surface area (Å²) in [5.74, 6) is -0.479. The molecule has 1 aromatic carbocycles. The SMILES string of the molecule is O=C1NCCOC1c1ccc(F)cc1. The molecule has 14 heavy (non-hydrogen) atoms. The molecule has 1 heterocycles. The Bertz CT molecular complexity index is 336. The summed E-state index contributed by atoms with van der Waals surface area (Å²) in [7, 11) is 0. The summed E-state index contributed by atoms with van der Waals surface area (Å²) in [6.07, 6.45) is -0.593. The predicted octanol–water partition coefficient (Wildman–Crippen LogP) is 1.01. The van der Waals surface area contributed by atoms with Gasteiger partial charge >= 0.3 is 0 Å². The lowest BCUT2D eigenvalue weighted by Gasteiger charge is -2.22. The predicted molar refractivity (Wildman–Crippen MR) is 48.1 cm³/mol. The molecule has 0 saturated carbocycles. The van der Waals surface area contributed by atoms with Crippen LogP contribution in [0.15, 0.2) is 24.3 Å². The molecule has 1 N–H and O–H groups in total.